The summed E-state index contributed by atoms with van der Waals surface area (Å²) in [5.74, 6) is 0.631. The van der Waals surface area contributed by atoms with Gasteiger partial charge in [0.15, 0.2) is 0 Å². The van der Waals surface area contributed by atoms with Gasteiger partial charge in [-0.1, -0.05) is 38.1 Å². The number of aliphatic hydroxyl groups excluding tert-OH is 1. The molecule has 0 bridgehead atoms. The zero-order valence-electron chi connectivity index (χ0n) is 18.4. The maximum Gasteiger partial charge on any atom is 0.390 e. The molecule has 3 aromatic rings. The number of hydrogen-bond acceptors (Lipinski definition) is 4. The number of nitrogens with zero attached hydrogens (tertiary/aromatic N) is 3. The highest BCUT2D eigenvalue weighted by Crippen LogP contribution is 2.37. The Balaban J connectivity index is 1.70. The van der Waals surface area contributed by atoms with E-state index < -0.39 is 12.6 Å². The molecule has 1 aliphatic rings. The van der Waals surface area contributed by atoms with Gasteiger partial charge in [0.2, 0.25) is 5.95 Å². The van der Waals surface area contributed by atoms with Crippen LogP contribution in [0.3, 0.4) is 0 Å². The first-order valence-corrected chi connectivity index (χ1v) is 11.2. The first kappa shape index (κ1) is 22.6. The van der Waals surface area contributed by atoms with Crippen LogP contribution in [-0.2, 0) is 0 Å². The van der Waals surface area contributed by atoms with E-state index in [-0.39, 0.29) is 24.6 Å². The van der Waals surface area contributed by atoms with E-state index in [9.17, 15) is 18.3 Å². The van der Waals surface area contributed by atoms with Crippen molar-refractivity contribution < 1.29 is 18.3 Å². The lowest BCUT2D eigenvalue weighted by Crippen LogP contribution is -2.21. The summed E-state index contributed by atoms with van der Waals surface area (Å²) in [7, 11) is 0. The van der Waals surface area contributed by atoms with Crippen molar-refractivity contribution in [2.45, 2.75) is 70.2 Å². The maximum absolute atomic E-state index is 12.5. The Kier molecular flexibility index (Phi) is 6.42. The monoisotopic (exact) mass is 446 g/mol. The van der Waals surface area contributed by atoms with Crippen LogP contribution < -0.4 is 5.32 Å². The Morgan fingerprint density at radius 2 is 1.81 bits per heavy atom. The van der Waals surface area contributed by atoms with Gasteiger partial charge in [0.25, 0.3) is 0 Å². The van der Waals surface area contributed by atoms with E-state index in [1.165, 1.54) is 5.56 Å². The Hall–Kier alpha value is -2.61. The Labute approximate surface area is 185 Å². The molecule has 1 fully saturated rings. The summed E-state index contributed by atoms with van der Waals surface area (Å²) in [6.07, 6.45) is 1.44. The van der Waals surface area contributed by atoms with E-state index in [1.54, 1.807) is 6.20 Å². The van der Waals surface area contributed by atoms with Crippen LogP contribution in [0, 0.1) is 0 Å². The van der Waals surface area contributed by atoms with Crippen LogP contribution in [0.4, 0.5) is 19.1 Å². The Bertz CT molecular complexity index is 1050. The van der Waals surface area contributed by atoms with E-state index in [2.05, 4.69) is 64.2 Å². The molecule has 0 aliphatic heterocycles. The highest BCUT2D eigenvalue weighted by atomic mass is 19.4. The summed E-state index contributed by atoms with van der Waals surface area (Å²) in [5.41, 5.74) is 4.02. The molecule has 1 aliphatic carbocycles. The smallest absolute Gasteiger partial charge is 0.390 e. The Morgan fingerprint density at radius 3 is 2.44 bits per heavy atom. The molecule has 172 valence electrons. The van der Waals surface area contributed by atoms with Gasteiger partial charge in [-0.3, -0.25) is 0 Å². The minimum absolute atomic E-state index is 0.183. The zero-order valence-corrected chi connectivity index (χ0v) is 18.4. The number of rotatable bonds is 6. The van der Waals surface area contributed by atoms with Crippen LogP contribution >= 0.6 is 0 Å². The molecule has 32 heavy (non-hydrogen) atoms. The van der Waals surface area contributed by atoms with E-state index >= 15 is 0 Å². The summed E-state index contributed by atoms with van der Waals surface area (Å²) >= 11 is 0. The molecule has 1 aromatic carbocycles. The number of aliphatic hydroxyl groups is 1. The van der Waals surface area contributed by atoms with Gasteiger partial charge in [-0.2, -0.15) is 18.2 Å². The van der Waals surface area contributed by atoms with Gasteiger partial charge >= 0.3 is 6.18 Å². The van der Waals surface area contributed by atoms with Gasteiger partial charge in [-0.25, -0.2) is 4.98 Å². The molecule has 0 spiro atoms. The van der Waals surface area contributed by atoms with Crippen LogP contribution in [0.25, 0.3) is 22.2 Å². The largest absolute Gasteiger partial charge is 0.393 e. The lowest BCUT2D eigenvalue weighted by molar-refractivity contribution is -0.131. The fourth-order valence-corrected chi connectivity index (χ4v) is 4.32. The van der Waals surface area contributed by atoms with E-state index in [4.69, 9.17) is 0 Å². The zero-order chi connectivity index (χ0) is 22.9. The minimum atomic E-state index is -4.23. The molecule has 2 N–H and O–H groups in total. The Morgan fingerprint density at radius 1 is 1.12 bits per heavy atom. The predicted molar refractivity (Wildman–Crippen MR) is 120 cm³/mol. The molecule has 5 nitrogen and oxygen atoms in total. The van der Waals surface area contributed by atoms with Crippen molar-refractivity contribution in [1.29, 1.82) is 0 Å². The number of hydrogen-bond donors (Lipinski definition) is 2. The van der Waals surface area contributed by atoms with Crippen molar-refractivity contribution in [2.24, 2.45) is 0 Å². The highest BCUT2D eigenvalue weighted by Gasteiger charge is 2.27. The van der Waals surface area contributed by atoms with Crippen LogP contribution in [0.15, 0.2) is 36.7 Å². The molecule has 1 saturated carbocycles. The molecule has 0 amide bonds. The van der Waals surface area contributed by atoms with Gasteiger partial charge in [0, 0.05) is 35.9 Å². The fourth-order valence-electron chi connectivity index (χ4n) is 4.32. The molecule has 0 atom stereocenters. The third kappa shape index (κ3) is 5.06. The first-order chi connectivity index (χ1) is 15.2. The second-order valence-corrected chi connectivity index (χ2v) is 8.91. The third-order valence-corrected chi connectivity index (χ3v) is 6.21. The average Bonchev–Trinajstić information content (AvgIpc) is 3.12. The summed E-state index contributed by atoms with van der Waals surface area (Å²) in [5, 5.41) is 13.5. The molecule has 0 unspecified atom stereocenters. The van der Waals surface area contributed by atoms with E-state index in [0.29, 0.717) is 11.6 Å². The average molecular weight is 447 g/mol. The summed E-state index contributed by atoms with van der Waals surface area (Å²) in [6.45, 7) is 4.04. The molecule has 2 aromatic heterocycles. The second kappa shape index (κ2) is 9.10. The van der Waals surface area contributed by atoms with Crippen LogP contribution in [0.5, 0.6) is 0 Å². The van der Waals surface area contributed by atoms with Crippen molar-refractivity contribution in [3.05, 3.63) is 42.2 Å². The predicted octanol–water partition coefficient (Wildman–Crippen LogP) is 6.06. The van der Waals surface area contributed by atoms with Gasteiger partial charge in [-0.15, -0.1) is 0 Å². The lowest BCUT2D eigenvalue weighted by atomic mass is 9.93. The fraction of sp³-hybridized carbons (Fsp3) is 0.500. The normalized spacial score (nSPS) is 19.6. The van der Waals surface area contributed by atoms with Gasteiger partial charge in [-0.05, 0) is 42.7 Å². The number of fused-ring (bicyclic) bond motifs is 1. The summed E-state index contributed by atoms with van der Waals surface area (Å²) < 4.78 is 39.7. The van der Waals surface area contributed by atoms with Crippen LogP contribution in [0.1, 0.15) is 63.5 Å². The van der Waals surface area contributed by atoms with Gasteiger partial charge < -0.3 is 15.0 Å². The summed E-state index contributed by atoms with van der Waals surface area (Å²) in [6, 6.07) is 8.60. The van der Waals surface area contributed by atoms with Crippen molar-refractivity contribution >= 4 is 17.0 Å². The number of halogens is 3. The van der Waals surface area contributed by atoms with Crippen LogP contribution in [-0.4, -0.2) is 38.5 Å². The number of aromatic nitrogens is 3. The topological polar surface area (TPSA) is 63.0 Å². The molecule has 4 rings (SSSR count). The van der Waals surface area contributed by atoms with Crippen molar-refractivity contribution in [3.63, 3.8) is 0 Å². The molecule has 0 radical (unpaired) electrons. The SMILES string of the molecule is CC(C)c1ccc(-c2cn([C@H]3CC[C@H](O)CC3)c3nc(NCCC(F)(F)F)ncc23)cc1. The molecule has 0 saturated heterocycles. The van der Waals surface area contributed by atoms with Crippen molar-refractivity contribution in [1.82, 2.24) is 14.5 Å². The van der Waals surface area contributed by atoms with Crippen LogP contribution in [0.2, 0.25) is 0 Å². The number of nitrogens with one attached hydrogen (secondary N) is 1. The quantitative estimate of drug-likeness (QED) is 0.483. The van der Waals surface area contributed by atoms with Gasteiger partial charge in [0.05, 0.1) is 12.5 Å². The number of benzene rings is 1. The lowest BCUT2D eigenvalue weighted by Gasteiger charge is -2.27. The third-order valence-electron chi connectivity index (χ3n) is 6.21. The summed E-state index contributed by atoms with van der Waals surface area (Å²) in [4.78, 5) is 8.88. The number of anilines is 1. The second-order valence-electron chi connectivity index (χ2n) is 8.91. The maximum atomic E-state index is 12.5. The highest BCUT2D eigenvalue weighted by molar-refractivity contribution is 5.94. The van der Waals surface area contributed by atoms with Gasteiger partial charge in [0.1, 0.15) is 5.65 Å². The minimum Gasteiger partial charge on any atom is -0.393 e. The standard InChI is InChI=1S/C24H29F3N4O/c1-15(2)16-3-5-17(6-4-16)21-14-31(18-7-9-19(32)10-8-18)22-20(21)13-29-23(30-22)28-12-11-24(25,26)27/h3-6,13-15,18-19,32H,7-12H2,1-2H3,(H,28,29,30)/t18-,19-. The molecule has 8 heteroatoms. The first-order valence-electron chi connectivity index (χ1n) is 11.2. The van der Waals surface area contributed by atoms with E-state index in [0.717, 1.165) is 42.2 Å². The molecular formula is C24H29F3N4O. The van der Waals surface area contributed by atoms with Crippen molar-refractivity contribution in [3.8, 4) is 11.1 Å². The van der Waals surface area contributed by atoms with E-state index in [1.807, 2.05) is 0 Å². The molecule has 2 heterocycles. The molecular weight excluding hydrogens is 417 g/mol. The number of alkyl halides is 3. The van der Waals surface area contributed by atoms with Crippen molar-refractivity contribution in [2.75, 3.05) is 11.9 Å².